The lowest BCUT2D eigenvalue weighted by atomic mass is 9.83. The second-order valence-electron chi connectivity index (χ2n) is 6.52. The van der Waals surface area contributed by atoms with Crippen LogP contribution in [0.1, 0.15) is 31.9 Å². The summed E-state index contributed by atoms with van der Waals surface area (Å²) in [6.07, 6.45) is 1.03. The predicted octanol–water partition coefficient (Wildman–Crippen LogP) is 1.55. The first-order valence-corrected chi connectivity index (χ1v) is 8.35. The molecule has 1 fully saturated rings. The second kappa shape index (κ2) is 7.75. The zero-order chi connectivity index (χ0) is 16.0. The van der Waals surface area contributed by atoms with Gasteiger partial charge in [0.25, 0.3) is 0 Å². The number of rotatable bonds is 6. The third-order valence-corrected chi connectivity index (χ3v) is 4.57. The fourth-order valence-corrected chi connectivity index (χ4v) is 2.77. The summed E-state index contributed by atoms with van der Waals surface area (Å²) < 4.78 is 0. The van der Waals surface area contributed by atoms with Gasteiger partial charge in [-0.1, -0.05) is 31.2 Å². The Kier molecular flexibility index (Phi) is 5.98. The first-order valence-electron chi connectivity index (χ1n) is 8.35. The highest BCUT2D eigenvalue weighted by molar-refractivity contribution is 5.87. The lowest BCUT2D eigenvalue weighted by Crippen LogP contribution is -2.48. The molecule has 1 heterocycles. The molecule has 4 heteroatoms. The number of carbonyl (C=O) groups excluding carboxylic acids is 1. The van der Waals surface area contributed by atoms with Gasteiger partial charge in [-0.25, -0.2) is 0 Å². The van der Waals surface area contributed by atoms with Crippen molar-refractivity contribution >= 4 is 5.91 Å². The Balaban J connectivity index is 1.86. The molecule has 1 amide bonds. The zero-order valence-corrected chi connectivity index (χ0v) is 14.1. The van der Waals surface area contributed by atoms with Crippen LogP contribution in [0.3, 0.4) is 0 Å². The molecule has 0 bridgehead atoms. The number of hydrogen-bond donors (Lipinski definition) is 2. The summed E-state index contributed by atoms with van der Waals surface area (Å²) in [6.45, 7) is 12.0. The van der Waals surface area contributed by atoms with Crippen LogP contribution in [0.4, 0.5) is 0 Å². The van der Waals surface area contributed by atoms with Crippen molar-refractivity contribution in [2.45, 2.75) is 32.6 Å². The summed E-state index contributed by atoms with van der Waals surface area (Å²) in [7, 11) is 0. The fourth-order valence-electron chi connectivity index (χ4n) is 2.77. The molecule has 1 aliphatic heterocycles. The minimum atomic E-state index is -0.490. The largest absolute Gasteiger partial charge is 0.354 e. The normalized spacial score (nSPS) is 16.5. The van der Waals surface area contributed by atoms with E-state index >= 15 is 0 Å². The van der Waals surface area contributed by atoms with Gasteiger partial charge in [0, 0.05) is 39.3 Å². The van der Waals surface area contributed by atoms with Gasteiger partial charge in [0.15, 0.2) is 0 Å². The number of benzene rings is 1. The van der Waals surface area contributed by atoms with E-state index in [0.29, 0.717) is 0 Å². The van der Waals surface area contributed by atoms with Gasteiger partial charge < -0.3 is 10.6 Å². The van der Waals surface area contributed by atoms with Crippen LogP contribution < -0.4 is 10.6 Å². The highest BCUT2D eigenvalue weighted by atomic mass is 16.2. The van der Waals surface area contributed by atoms with E-state index in [0.717, 1.165) is 51.3 Å². The maximum atomic E-state index is 12.5. The monoisotopic (exact) mass is 303 g/mol. The van der Waals surface area contributed by atoms with Crippen LogP contribution in [0.15, 0.2) is 24.3 Å². The first-order chi connectivity index (χ1) is 10.5. The predicted molar refractivity (Wildman–Crippen MR) is 91.2 cm³/mol. The molecule has 2 N–H and O–H groups in total. The Bertz CT molecular complexity index is 476. The summed E-state index contributed by atoms with van der Waals surface area (Å²) in [5.41, 5.74) is 1.89. The van der Waals surface area contributed by atoms with E-state index in [1.165, 1.54) is 5.56 Å². The van der Waals surface area contributed by atoms with Crippen molar-refractivity contribution in [2.75, 3.05) is 39.3 Å². The molecule has 0 unspecified atom stereocenters. The minimum absolute atomic E-state index is 0.104. The Morgan fingerprint density at radius 2 is 1.86 bits per heavy atom. The van der Waals surface area contributed by atoms with Crippen LogP contribution in [0, 0.1) is 0 Å². The van der Waals surface area contributed by atoms with Crippen LogP contribution >= 0.6 is 0 Å². The highest BCUT2D eigenvalue weighted by Crippen LogP contribution is 2.23. The van der Waals surface area contributed by atoms with Gasteiger partial charge in [0.1, 0.15) is 0 Å². The van der Waals surface area contributed by atoms with Crippen molar-refractivity contribution in [2.24, 2.45) is 0 Å². The molecule has 0 spiro atoms. The Morgan fingerprint density at radius 3 is 2.45 bits per heavy atom. The smallest absolute Gasteiger partial charge is 0.230 e. The Labute approximate surface area is 134 Å². The van der Waals surface area contributed by atoms with Crippen LogP contribution in [0.2, 0.25) is 0 Å². The summed E-state index contributed by atoms with van der Waals surface area (Å²) in [6, 6.07) is 8.39. The van der Waals surface area contributed by atoms with Crippen LogP contribution in [-0.2, 0) is 16.6 Å². The molecule has 1 aromatic carbocycles. The first kappa shape index (κ1) is 17.0. The number of nitrogens with zero attached hydrogens (tertiary/aromatic N) is 1. The van der Waals surface area contributed by atoms with Gasteiger partial charge in [-0.2, -0.15) is 0 Å². The molecule has 1 saturated heterocycles. The standard InChI is InChI=1S/C18H29N3O/c1-4-15-5-7-16(8-6-15)18(2,3)17(22)20-11-14-21-12-9-19-10-13-21/h5-8,19H,4,9-14H2,1-3H3,(H,20,22). The Morgan fingerprint density at radius 1 is 1.23 bits per heavy atom. The molecule has 1 aromatic rings. The van der Waals surface area contributed by atoms with E-state index in [1.807, 2.05) is 13.8 Å². The Hall–Kier alpha value is -1.39. The number of aryl methyl sites for hydroxylation is 1. The van der Waals surface area contributed by atoms with E-state index in [1.54, 1.807) is 0 Å². The second-order valence-corrected chi connectivity index (χ2v) is 6.52. The lowest BCUT2D eigenvalue weighted by molar-refractivity contribution is -0.125. The van der Waals surface area contributed by atoms with Gasteiger partial charge in [0.2, 0.25) is 5.91 Å². The summed E-state index contributed by atoms with van der Waals surface area (Å²) >= 11 is 0. The molecule has 0 atom stereocenters. The lowest BCUT2D eigenvalue weighted by Gasteiger charge is -2.28. The molecule has 0 saturated carbocycles. The number of nitrogens with one attached hydrogen (secondary N) is 2. The third kappa shape index (κ3) is 4.31. The van der Waals surface area contributed by atoms with Crippen molar-refractivity contribution < 1.29 is 4.79 Å². The van der Waals surface area contributed by atoms with Crippen molar-refractivity contribution in [3.63, 3.8) is 0 Å². The van der Waals surface area contributed by atoms with Crippen molar-refractivity contribution in [3.05, 3.63) is 35.4 Å². The summed E-state index contributed by atoms with van der Waals surface area (Å²) in [5.74, 6) is 0.104. The van der Waals surface area contributed by atoms with Gasteiger partial charge in [-0.05, 0) is 31.4 Å². The molecular formula is C18H29N3O. The molecule has 2 rings (SSSR count). The fraction of sp³-hybridized carbons (Fsp3) is 0.611. The number of piperazine rings is 1. The summed E-state index contributed by atoms with van der Waals surface area (Å²) in [5, 5.41) is 6.44. The molecule has 0 aliphatic carbocycles. The molecule has 0 aromatic heterocycles. The minimum Gasteiger partial charge on any atom is -0.354 e. The van der Waals surface area contributed by atoms with Gasteiger partial charge >= 0.3 is 0 Å². The highest BCUT2D eigenvalue weighted by Gasteiger charge is 2.29. The summed E-state index contributed by atoms with van der Waals surface area (Å²) in [4.78, 5) is 14.9. The molecule has 4 nitrogen and oxygen atoms in total. The molecule has 122 valence electrons. The van der Waals surface area contributed by atoms with Crippen LogP contribution in [0.5, 0.6) is 0 Å². The van der Waals surface area contributed by atoms with E-state index in [2.05, 4.69) is 46.7 Å². The van der Waals surface area contributed by atoms with Crippen molar-refractivity contribution in [3.8, 4) is 0 Å². The van der Waals surface area contributed by atoms with Gasteiger partial charge in [-0.15, -0.1) is 0 Å². The van der Waals surface area contributed by atoms with Crippen molar-refractivity contribution in [1.29, 1.82) is 0 Å². The zero-order valence-electron chi connectivity index (χ0n) is 14.1. The average Bonchev–Trinajstić information content (AvgIpc) is 2.55. The van der Waals surface area contributed by atoms with Gasteiger partial charge in [0.05, 0.1) is 5.41 Å². The molecule has 22 heavy (non-hydrogen) atoms. The maximum absolute atomic E-state index is 12.5. The van der Waals surface area contributed by atoms with Crippen LogP contribution in [0.25, 0.3) is 0 Å². The van der Waals surface area contributed by atoms with E-state index < -0.39 is 5.41 Å². The third-order valence-electron chi connectivity index (χ3n) is 4.57. The molecule has 1 aliphatic rings. The molecule has 0 radical (unpaired) electrons. The number of hydrogen-bond acceptors (Lipinski definition) is 3. The van der Waals surface area contributed by atoms with E-state index in [4.69, 9.17) is 0 Å². The number of carbonyl (C=O) groups is 1. The quantitative estimate of drug-likeness (QED) is 0.838. The van der Waals surface area contributed by atoms with Crippen molar-refractivity contribution in [1.82, 2.24) is 15.5 Å². The van der Waals surface area contributed by atoms with E-state index in [-0.39, 0.29) is 5.91 Å². The SMILES string of the molecule is CCc1ccc(C(C)(C)C(=O)NCCN2CCNCC2)cc1. The van der Waals surface area contributed by atoms with E-state index in [9.17, 15) is 4.79 Å². The molecular weight excluding hydrogens is 274 g/mol. The topological polar surface area (TPSA) is 44.4 Å². The van der Waals surface area contributed by atoms with Gasteiger partial charge in [-0.3, -0.25) is 9.69 Å². The maximum Gasteiger partial charge on any atom is 0.230 e. The number of amides is 1. The van der Waals surface area contributed by atoms with Crippen LogP contribution in [-0.4, -0.2) is 50.1 Å². The average molecular weight is 303 g/mol.